The summed E-state index contributed by atoms with van der Waals surface area (Å²) in [5.74, 6) is 0. The van der Waals surface area contributed by atoms with Crippen LogP contribution < -0.4 is 0 Å². The van der Waals surface area contributed by atoms with Crippen molar-refractivity contribution >= 4 is 12.2 Å². The fourth-order valence-corrected chi connectivity index (χ4v) is 6.33. The molecule has 0 saturated carbocycles. The van der Waals surface area contributed by atoms with Crippen molar-refractivity contribution in [2.45, 2.75) is 153 Å². The lowest BCUT2D eigenvalue weighted by Gasteiger charge is -2.21. The smallest absolute Gasteiger partial charge is 0.364 e. The number of hydrogen-bond acceptors (Lipinski definition) is 2. The van der Waals surface area contributed by atoms with Crippen molar-refractivity contribution in [2.24, 2.45) is 0 Å². The summed E-state index contributed by atoms with van der Waals surface area (Å²) in [6, 6.07) is 26.5. The molecule has 3 aromatic rings. The second kappa shape index (κ2) is 26.4. The van der Waals surface area contributed by atoms with Crippen LogP contribution in [0.5, 0.6) is 0 Å². The van der Waals surface area contributed by atoms with Gasteiger partial charge in [-0.05, 0) is 60.8 Å². The Balaban J connectivity index is 1.13. The highest BCUT2D eigenvalue weighted by Gasteiger charge is 2.40. The molecule has 0 aromatic heterocycles. The molecule has 3 aromatic carbocycles. The van der Waals surface area contributed by atoms with E-state index < -0.39 is 24.6 Å². The standard InChI is InChI=1S/C46H60F6O2/c47-45(48,49)43(53-37-41-27-19-15-20-28-41)31-23-13-9-5-1-3-7-11-17-25-39-33-35-40(36-34-39)26-18-12-8-4-2-6-10-14-24-32-44(46(50,51)52)54-38-42-29-21-16-22-30-42/h15-22,25-30,33-36,43-44H,1-14,23-24,31-32,37-38H2/b25-17+,26-18+/t43-,44-/m1/s1. The number of hydrogen-bond donors (Lipinski definition) is 0. The van der Waals surface area contributed by atoms with Gasteiger partial charge in [0, 0.05) is 0 Å². The van der Waals surface area contributed by atoms with Crippen LogP contribution in [0.3, 0.4) is 0 Å². The number of alkyl halides is 6. The molecule has 3 rings (SSSR count). The molecule has 298 valence electrons. The third kappa shape index (κ3) is 20.9. The summed E-state index contributed by atoms with van der Waals surface area (Å²) in [7, 11) is 0. The lowest BCUT2D eigenvalue weighted by Crippen LogP contribution is -2.31. The quantitative estimate of drug-likeness (QED) is 0.0542. The minimum Gasteiger partial charge on any atom is -0.364 e. The SMILES string of the molecule is FC(F)(F)[C@@H](CCCCCCCCC/C=C/c1ccc(/C=C/CCCCCCCCC[C@@H](OCc2ccccc2)C(F)(F)F)cc1)OCc1ccccc1. The second-order valence-corrected chi connectivity index (χ2v) is 14.2. The van der Waals surface area contributed by atoms with Crippen LogP contribution in [0.2, 0.25) is 0 Å². The molecule has 0 bridgehead atoms. The van der Waals surface area contributed by atoms with Gasteiger partial charge in [0.05, 0.1) is 13.2 Å². The molecule has 0 N–H and O–H groups in total. The van der Waals surface area contributed by atoms with Crippen LogP contribution in [0.1, 0.15) is 138 Å². The average molecular weight is 759 g/mol. The van der Waals surface area contributed by atoms with Crippen LogP contribution in [-0.2, 0) is 22.7 Å². The number of ether oxygens (including phenoxy) is 2. The van der Waals surface area contributed by atoms with Gasteiger partial charge < -0.3 is 9.47 Å². The molecule has 0 heterocycles. The number of unbranched alkanes of at least 4 members (excludes halogenated alkanes) is 14. The lowest BCUT2D eigenvalue weighted by molar-refractivity contribution is -0.226. The van der Waals surface area contributed by atoms with Gasteiger partial charge in [0.15, 0.2) is 12.2 Å². The van der Waals surface area contributed by atoms with Gasteiger partial charge in [-0.3, -0.25) is 0 Å². The molecule has 0 aliphatic rings. The molecule has 2 atom stereocenters. The van der Waals surface area contributed by atoms with E-state index in [4.69, 9.17) is 9.47 Å². The Bertz CT molecular complexity index is 1290. The highest BCUT2D eigenvalue weighted by molar-refractivity contribution is 5.55. The van der Waals surface area contributed by atoms with Crippen LogP contribution in [0.25, 0.3) is 12.2 Å². The maximum Gasteiger partial charge on any atom is 0.414 e. The lowest BCUT2D eigenvalue weighted by atomic mass is 10.0. The van der Waals surface area contributed by atoms with Gasteiger partial charge in [-0.2, -0.15) is 26.3 Å². The molecule has 0 fully saturated rings. The first kappa shape index (κ1) is 45.0. The zero-order valence-corrected chi connectivity index (χ0v) is 31.8. The van der Waals surface area contributed by atoms with Crippen LogP contribution in [-0.4, -0.2) is 24.6 Å². The second-order valence-electron chi connectivity index (χ2n) is 14.2. The molecule has 0 spiro atoms. The van der Waals surface area contributed by atoms with Gasteiger partial charge >= 0.3 is 12.4 Å². The molecule has 8 heteroatoms. The van der Waals surface area contributed by atoms with E-state index in [2.05, 4.69) is 48.6 Å². The molecular weight excluding hydrogens is 698 g/mol. The Labute approximate surface area is 320 Å². The van der Waals surface area contributed by atoms with Gasteiger partial charge in [0.1, 0.15) is 0 Å². The van der Waals surface area contributed by atoms with Crippen molar-refractivity contribution in [3.05, 3.63) is 119 Å². The fourth-order valence-electron chi connectivity index (χ4n) is 6.33. The van der Waals surface area contributed by atoms with E-state index >= 15 is 0 Å². The summed E-state index contributed by atoms with van der Waals surface area (Å²) in [6.07, 6.45) is 12.0. The summed E-state index contributed by atoms with van der Waals surface area (Å²) in [4.78, 5) is 0. The molecule has 0 aliphatic carbocycles. The van der Waals surface area contributed by atoms with Crippen molar-refractivity contribution in [3.63, 3.8) is 0 Å². The number of allylic oxidation sites excluding steroid dienone is 2. The van der Waals surface area contributed by atoms with E-state index in [1.54, 1.807) is 48.5 Å². The molecule has 0 unspecified atom stereocenters. The van der Waals surface area contributed by atoms with Gasteiger partial charge in [0.2, 0.25) is 0 Å². The Morgan fingerprint density at radius 1 is 0.407 bits per heavy atom. The Morgan fingerprint density at radius 2 is 0.722 bits per heavy atom. The average Bonchev–Trinajstić information content (AvgIpc) is 3.15. The summed E-state index contributed by atoms with van der Waals surface area (Å²) in [5.41, 5.74) is 3.85. The van der Waals surface area contributed by atoms with Gasteiger partial charge in [-0.15, -0.1) is 0 Å². The van der Waals surface area contributed by atoms with Crippen LogP contribution >= 0.6 is 0 Å². The van der Waals surface area contributed by atoms with Gasteiger partial charge in [-0.25, -0.2) is 0 Å². The summed E-state index contributed by atoms with van der Waals surface area (Å²) < 4.78 is 90.6. The van der Waals surface area contributed by atoms with Crippen LogP contribution in [0.15, 0.2) is 97.1 Å². The predicted molar refractivity (Wildman–Crippen MR) is 210 cm³/mol. The van der Waals surface area contributed by atoms with Crippen molar-refractivity contribution in [1.29, 1.82) is 0 Å². The number of benzene rings is 3. The van der Waals surface area contributed by atoms with Gasteiger partial charge in [-0.1, -0.05) is 186 Å². The predicted octanol–water partition coefficient (Wildman–Crippen LogP) is 15.0. The van der Waals surface area contributed by atoms with Crippen molar-refractivity contribution in [1.82, 2.24) is 0 Å². The first-order chi connectivity index (χ1) is 26.1. The Hall–Kier alpha value is -3.36. The minimum absolute atomic E-state index is 0.0122. The van der Waals surface area contributed by atoms with Crippen molar-refractivity contribution < 1.29 is 35.8 Å². The van der Waals surface area contributed by atoms with E-state index in [-0.39, 0.29) is 26.1 Å². The van der Waals surface area contributed by atoms with E-state index in [0.29, 0.717) is 12.8 Å². The van der Waals surface area contributed by atoms with E-state index in [1.165, 1.54) is 11.1 Å². The third-order valence-corrected chi connectivity index (χ3v) is 9.55. The van der Waals surface area contributed by atoms with Crippen LogP contribution in [0, 0.1) is 0 Å². The highest BCUT2D eigenvalue weighted by Crippen LogP contribution is 2.29. The van der Waals surface area contributed by atoms with E-state index in [1.807, 2.05) is 12.1 Å². The zero-order chi connectivity index (χ0) is 38.7. The molecule has 0 aliphatic heterocycles. The summed E-state index contributed by atoms with van der Waals surface area (Å²) in [5, 5.41) is 0. The van der Waals surface area contributed by atoms with E-state index in [9.17, 15) is 26.3 Å². The first-order valence-corrected chi connectivity index (χ1v) is 20.0. The summed E-state index contributed by atoms with van der Waals surface area (Å²) >= 11 is 0. The molecule has 2 nitrogen and oxygen atoms in total. The fraction of sp³-hybridized carbons (Fsp3) is 0.522. The normalized spacial score (nSPS) is 13.6. The van der Waals surface area contributed by atoms with Gasteiger partial charge in [0.25, 0.3) is 0 Å². The molecule has 0 amide bonds. The molecular formula is C46H60F6O2. The topological polar surface area (TPSA) is 18.5 Å². The maximum atomic E-state index is 13.4. The van der Waals surface area contributed by atoms with Crippen molar-refractivity contribution in [2.75, 3.05) is 0 Å². The Morgan fingerprint density at radius 3 is 1.06 bits per heavy atom. The van der Waals surface area contributed by atoms with E-state index in [0.717, 1.165) is 101 Å². The zero-order valence-electron chi connectivity index (χ0n) is 31.8. The summed E-state index contributed by atoms with van der Waals surface area (Å²) in [6.45, 7) is -0.0416. The third-order valence-electron chi connectivity index (χ3n) is 9.55. The highest BCUT2D eigenvalue weighted by atomic mass is 19.4. The number of rotatable bonds is 28. The minimum atomic E-state index is -4.34. The van der Waals surface area contributed by atoms with Crippen LogP contribution in [0.4, 0.5) is 26.3 Å². The monoisotopic (exact) mass is 758 g/mol. The maximum absolute atomic E-state index is 13.4. The first-order valence-electron chi connectivity index (χ1n) is 20.0. The van der Waals surface area contributed by atoms with Crippen molar-refractivity contribution in [3.8, 4) is 0 Å². The Kier molecular flexibility index (Phi) is 22.1. The largest absolute Gasteiger partial charge is 0.414 e. The molecule has 54 heavy (non-hydrogen) atoms. The molecule has 0 saturated heterocycles. The number of halogens is 6. The molecule has 0 radical (unpaired) electrons.